The van der Waals surface area contributed by atoms with Crippen molar-refractivity contribution >= 4 is 17.1 Å². The molecule has 2 unspecified atom stereocenters. The van der Waals surface area contributed by atoms with E-state index < -0.39 is 28.7 Å². The summed E-state index contributed by atoms with van der Waals surface area (Å²) in [5.41, 5.74) is 13.2. The Labute approximate surface area is 184 Å². The number of pyridine rings is 2. The van der Waals surface area contributed by atoms with Gasteiger partial charge in [0.1, 0.15) is 17.3 Å². The fraction of sp³-hybridized carbons (Fsp3) is 0.304. The number of benzene rings is 1. The van der Waals surface area contributed by atoms with Crippen LogP contribution in [0.5, 0.6) is 0 Å². The lowest BCUT2D eigenvalue weighted by Crippen LogP contribution is -2.46. The molecular weight excluding hydrogens is 417 g/mol. The van der Waals surface area contributed by atoms with E-state index in [2.05, 4.69) is 27.1 Å². The average molecular weight is 442 g/mol. The van der Waals surface area contributed by atoms with Gasteiger partial charge in [-0.05, 0) is 30.5 Å². The normalized spacial score (nSPS) is 18.6. The van der Waals surface area contributed by atoms with Crippen LogP contribution in [-0.2, 0) is 6.54 Å². The molecule has 0 radical (unpaired) electrons. The maximum atomic E-state index is 14.5. The topological polar surface area (TPSA) is 93.1 Å². The third-order valence-electron chi connectivity index (χ3n) is 5.57. The summed E-state index contributed by atoms with van der Waals surface area (Å²) in [5.74, 6) is -2.24. The van der Waals surface area contributed by atoms with Gasteiger partial charge < -0.3 is 21.7 Å². The average Bonchev–Trinajstić information content (AvgIpc) is 2.74. The fourth-order valence-electron chi connectivity index (χ4n) is 4.16. The van der Waals surface area contributed by atoms with E-state index in [4.69, 9.17) is 11.5 Å². The van der Waals surface area contributed by atoms with Crippen LogP contribution in [0.1, 0.15) is 19.0 Å². The summed E-state index contributed by atoms with van der Waals surface area (Å²) in [6.07, 6.45) is 4.35. The van der Waals surface area contributed by atoms with E-state index in [0.29, 0.717) is 5.92 Å². The van der Waals surface area contributed by atoms with Gasteiger partial charge in [-0.25, -0.2) is 18.2 Å². The molecule has 1 fully saturated rings. The van der Waals surface area contributed by atoms with Gasteiger partial charge in [0.05, 0.1) is 41.1 Å². The highest BCUT2D eigenvalue weighted by Gasteiger charge is 2.24. The summed E-state index contributed by atoms with van der Waals surface area (Å²) in [6.45, 7) is 3.85. The molecular formula is C23H25F3N6. The number of nitrogen functional groups attached to an aromatic ring is 1. The second-order valence-corrected chi connectivity index (χ2v) is 8.20. The molecule has 1 aliphatic heterocycles. The summed E-state index contributed by atoms with van der Waals surface area (Å²) < 4.78 is 42.9. The molecule has 9 heteroatoms. The molecule has 0 spiro atoms. The number of halogens is 3. The number of piperidine rings is 1. The quantitative estimate of drug-likeness (QED) is 0.555. The first-order valence-corrected chi connectivity index (χ1v) is 10.4. The third kappa shape index (κ3) is 4.47. The first-order chi connectivity index (χ1) is 15.3. The molecule has 6 nitrogen and oxygen atoms in total. The molecule has 0 bridgehead atoms. The van der Waals surface area contributed by atoms with Gasteiger partial charge in [-0.3, -0.25) is 4.98 Å². The number of nitrogens with zero attached hydrogens (tertiary/aromatic N) is 3. The van der Waals surface area contributed by atoms with E-state index in [1.54, 1.807) is 12.4 Å². The first-order valence-electron chi connectivity index (χ1n) is 10.4. The maximum Gasteiger partial charge on any atom is 0.151 e. The van der Waals surface area contributed by atoms with Crippen molar-refractivity contribution in [2.75, 3.05) is 29.0 Å². The number of nitrogens with two attached hydrogens (primary N) is 2. The van der Waals surface area contributed by atoms with Crippen molar-refractivity contribution in [2.45, 2.75) is 25.9 Å². The molecule has 1 saturated heterocycles. The summed E-state index contributed by atoms with van der Waals surface area (Å²) >= 11 is 0. The van der Waals surface area contributed by atoms with Crippen molar-refractivity contribution < 1.29 is 13.2 Å². The van der Waals surface area contributed by atoms with E-state index >= 15 is 0 Å². The van der Waals surface area contributed by atoms with Gasteiger partial charge in [-0.2, -0.15) is 0 Å². The Hall–Kier alpha value is -3.33. The van der Waals surface area contributed by atoms with Crippen molar-refractivity contribution in [3.05, 3.63) is 65.9 Å². The minimum Gasteiger partial charge on any atom is -0.397 e. The Morgan fingerprint density at radius 2 is 1.88 bits per heavy atom. The molecule has 168 valence electrons. The van der Waals surface area contributed by atoms with Gasteiger partial charge in [-0.1, -0.05) is 13.0 Å². The number of aromatic nitrogens is 2. The molecule has 2 aromatic heterocycles. The van der Waals surface area contributed by atoms with Crippen LogP contribution >= 0.6 is 0 Å². The number of rotatable bonds is 5. The van der Waals surface area contributed by atoms with Crippen molar-refractivity contribution in [1.82, 2.24) is 9.97 Å². The molecule has 4 rings (SSSR count). The predicted octanol–water partition coefficient (Wildman–Crippen LogP) is 3.93. The second kappa shape index (κ2) is 9.04. The zero-order chi connectivity index (χ0) is 22.8. The molecule has 1 aliphatic rings. The monoisotopic (exact) mass is 442 g/mol. The van der Waals surface area contributed by atoms with Crippen LogP contribution in [0.15, 0.2) is 42.7 Å². The van der Waals surface area contributed by atoms with Gasteiger partial charge in [0.15, 0.2) is 5.82 Å². The Balaban J connectivity index is 1.62. The van der Waals surface area contributed by atoms with Crippen LogP contribution in [0, 0.1) is 23.4 Å². The van der Waals surface area contributed by atoms with Gasteiger partial charge in [0, 0.05) is 31.4 Å². The zero-order valence-electron chi connectivity index (χ0n) is 17.7. The van der Waals surface area contributed by atoms with Crippen LogP contribution in [0.4, 0.5) is 30.2 Å². The third-order valence-corrected chi connectivity index (χ3v) is 5.57. The van der Waals surface area contributed by atoms with Crippen LogP contribution < -0.4 is 21.7 Å². The lowest BCUT2D eigenvalue weighted by atomic mass is 9.96. The Morgan fingerprint density at radius 3 is 2.59 bits per heavy atom. The highest BCUT2D eigenvalue weighted by molar-refractivity contribution is 5.70. The Bertz CT molecular complexity index is 1090. The highest BCUT2D eigenvalue weighted by atomic mass is 19.1. The number of hydrogen-bond donors (Lipinski definition) is 3. The van der Waals surface area contributed by atoms with E-state index in [1.807, 2.05) is 6.07 Å². The van der Waals surface area contributed by atoms with Gasteiger partial charge >= 0.3 is 0 Å². The Morgan fingerprint density at radius 1 is 1.12 bits per heavy atom. The van der Waals surface area contributed by atoms with Crippen LogP contribution in [-0.4, -0.2) is 29.1 Å². The zero-order valence-corrected chi connectivity index (χ0v) is 17.7. The summed E-state index contributed by atoms with van der Waals surface area (Å²) in [5, 5.41) is 3.23. The van der Waals surface area contributed by atoms with Crippen LogP contribution in [0.2, 0.25) is 0 Å². The predicted molar refractivity (Wildman–Crippen MR) is 119 cm³/mol. The van der Waals surface area contributed by atoms with Crippen molar-refractivity contribution in [3.63, 3.8) is 0 Å². The van der Waals surface area contributed by atoms with Crippen LogP contribution in [0.3, 0.4) is 0 Å². The molecule has 0 aliphatic carbocycles. The van der Waals surface area contributed by atoms with Gasteiger partial charge in [-0.15, -0.1) is 0 Å². The van der Waals surface area contributed by atoms with E-state index in [-0.39, 0.29) is 24.0 Å². The molecule has 32 heavy (non-hydrogen) atoms. The smallest absolute Gasteiger partial charge is 0.151 e. The second-order valence-electron chi connectivity index (χ2n) is 8.20. The van der Waals surface area contributed by atoms with E-state index in [1.165, 1.54) is 6.07 Å². The molecule has 3 heterocycles. The lowest BCUT2D eigenvalue weighted by Gasteiger charge is -2.37. The Kier molecular flexibility index (Phi) is 6.18. The number of hydrogen-bond acceptors (Lipinski definition) is 6. The molecule has 5 N–H and O–H groups in total. The molecule has 0 saturated carbocycles. The minimum absolute atomic E-state index is 0.0763. The van der Waals surface area contributed by atoms with E-state index in [0.717, 1.165) is 49.1 Å². The summed E-state index contributed by atoms with van der Waals surface area (Å²) in [7, 11) is 0. The van der Waals surface area contributed by atoms with Gasteiger partial charge in [0.25, 0.3) is 0 Å². The standard InChI is InChI=1S/C23H25F3N6/c1-13-7-14(27)12-32(11-13)21-5-6-29-9-20(21)30-10-19-18(28)8-17(26)23(31-19)22-15(24)3-2-4-16(22)25/h2-6,8-9,13-14,30H,7,10-12,27-28H2,1H3. The lowest BCUT2D eigenvalue weighted by molar-refractivity contribution is 0.402. The SMILES string of the molecule is CC1CC(N)CN(c2ccncc2NCc2nc(-c3c(F)cccc3F)c(F)cc2N)C1. The highest BCUT2D eigenvalue weighted by Crippen LogP contribution is 2.31. The number of nitrogens with one attached hydrogen (secondary N) is 1. The van der Waals surface area contributed by atoms with Crippen molar-refractivity contribution in [3.8, 4) is 11.3 Å². The largest absolute Gasteiger partial charge is 0.397 e. The summed E-state index contributed by atoms with van der Waals surface area (Å²) in [6, 6.07) is 6.32. The fourth-order valence-corrected chi connectivity index (χ4v) is 4.16. The van der Waals surface area contributed by atoms with E-state index in [9.17, 15) is 13.2 Å². The molecule has 0 amide bonds. The number of anilines is 3. The van der Waals surface area contributed by atoms with Gasteiger partial charge in [0.2, 0.25) is 0 Å². The molecule has 3 aromatic rings. The van der Waals surface area contributed by atoms with Crippen LogP contribution in [0.25, 0.3) is 11.3 Å². The summed E-state index contributed by atoms with van der Waals surface area (Å²) in [4.78, 5) is 10.5. The van der Waals surface area contributed by atoms with Crippen molar-refractivity contribution in [1.29, 1.82) is 0 Å². The maximum absolute atomic E-state index is 14.5. The minimum atomic E-state index is -0.898. The molecule has 1 aromatic carbocycles. The first kappa shape index (κ1) is 21.9. The van der Waals surface area contributed by atoms with Crippen molar-refractivity contribution in [2.24, 2.45) is 11.7 Å². The molecule has 2 atom stereocenters.